The minimum atomic E-state index is 0.169. The average molecular weight is 152 g/mol. The molecule has 0 bridgehead atoms. The molecule has 0 nitrogen and oxygen atoms in total. The van der Waals surface area contributed by atoms with Crippen LogP contribution in [0.15, 0.2) is 0 Å². The van der Waals surface area contributed by atoms with E-state index in [1.807, 2.05) is 0 Å². The van der Waals surface area contributed by atoms with E-state index >= 15 is 0 Å². The summed E-state index contributed by atoms with van der Waals surface area (Å²) >= 11 is 0. The highest BCUT2D eigenvalue weighted by Crippen LogP contribution is 2.12. The average Bonchev–Trinajstić information content (AvgIpc) is 1.88. The molecule has 0 atom stereocenters. The Labute approximate surface area is 71.4 Å². The van der Waals surface area contributed by atoms with Crippen molar-refractivity contribution < 1.29 is 0 Å². The van der Waals surface area contributed by atoms with Gasteiger partial charge in [-0.2, -0.15) is 0 Å². The Kier molecular flexibility index (Phi) is 4.26. The van der Waals surface area contributed by atoms with Gasteiger partial charge in [0.25, 0.3) is 0 Å². The summed E-state index contributed by atoms with van der Waals surface area (Å²) in [6.45, 7) is 10.9. The lowest BCUT2D eigenvalue weighted by molar-refractivity contribution is 0.562. The van der Waals surface area contributed by atoms with Crippen LogP contribution < -0.4 is 0 Å². The van der Waals surface area contributed by atoms with Crippen molar-refractivity contribution in [2.75, 3.05) is 0 Å². The third-order valence-corrected chi connectivity index (χ3v) is 1.64. The maximum Gasteiger partial charge on any atom is 0.0230 e. The normalized spacial score (nSPS) is 11.1. The van der Waals surface area contributed by atoms with Gasteiger partial charge in [-0.15, -0.1) is 0 Å². The first-order valence-corrected chi connectivity index (χ1v) is 4.52. The highest BCUT2D eigenvalue weighted by atomic mass is 14.1. The smallest absolute Gasteiger partial charge is 0.0230 e. The fraction of sp³-hybridized carbons (Fsp3) is 0.818. The summed E-state index contributed by atoms with van der Waals surface area (Å²) in [7, 11) is 0. The lowest BCUT2D eigenvalue weighted by Crippen LogP contribution is -2.01. The standard InChI is InChI=1S/C11H20/c1-6-10(7-2)8-9-11(3,4)5/h10H,6-7H2,1-5H3. The summed E-state index contributed by atoms with van der Waals surface area (Å²) in [4.78, 5) is 0. The van der Waals surface area contributed by atoms with E-state index in [9.17, 15) is 0 Å². The zero-order chi connectivity index (χ0) is 8.91. The van der Waals surface area contributed by atoms with Gasteiger partial charge in [-0.3, -0.25) is 0 Å². The Morgan fingerprint density at radius 1 is 1.09 bits per heavy atom. The minimum absolute atomic E-state index is 0.169. The van der Waals surface area contributed by atoms with Gasteiger partial charge in [-0.1, -0.05) is 25.7 Å². The molecule has 0 fully saturated rings. The highest BCUT2D eigenvalue weighted by Gasteiger charge is 2.04. The molecule has 0 aromatic rings. The molecule has 64 valence electrons. The molecule has 0 heterocycles. The first kappa shape index (κ1) is 10.6. The van der Waals surface area contributed by atoms with E-state index in [-0.39, 0.29) is 5.41 Å². The Balaban J connectivity index is 4.04. The fourth-order valence-electron chi connectivity index (χ4n) is 0.811. The Hall–Kier alpha value is -0.440. The van der Waals surface area contributed by atoms with Crippen LogP contribution in [0, 0.1) is 23.2 Å². The molecule has 0 aliphatic heterocycles. The van der Waals surface area contributed by atoms with Crippen LogP contribution in [0.3, 0.4) is 0 Å². The maximum absolute atomic E-state index is 3.31. The van der Waals surface area contributed by atoms with Crippen LogP contribution in [0.2, 0.25) is 0 Å². The van der Waals surface area contributed by atoms with Gasteiger partial charge >= 0.3 is 0 Å². The van der Waals surface area contributed by atoms with Gasteiger partial charge in [0, 0.05) is 11.3 Å². The Morgan fingerprint density at radius 3 is 1.82 bits per heavy atom. The Morgan fingerprint density at radius 2 is 1.55 bits per heavy atom. The zero-order valence-electron chi connectivity index (χ0n) is 8.49. The van der Waals surface area contributed by atoms with Crippen molar-refractivity contribution in [1.82, 2.24) is 0 Å². The van der Waals surface area contributed by atoms with Crippen LogP contribution in [-0.2, 0) is 0 Å². The second kappa shape index (κ2) is 4.44. The van der Waals surface area contributed by atoms with Gasteiger partial charge in [0.1, 0.15) is 0 Å². The van der Waals surface area contributed by atoms with Crippen molar-refractivity contribution in [2.45, 2.75) is 47.5 Å². The molecular weight excluding hydrogens is 132 g/mol. The van der Waals surface area contributed by atoms with Crippen molar-refractivity contribution >= 4 is 0 Å². The maximum atomic E-state index is 3.31. The molecular formula is C11H20. The predicted molar refractivity (Wildman–Crippen MR) is 51.3 cm³/mol. The van der Waals surface area contributed by atoms with Gasteiger partial charge in [0.15, 0.2) is 0 Å². The molecule has 0 amide bonds. The highest BCUT2D eigenvalue weighted by molar-refractivity contribution is 5.09. The van der Waals surface area contributed by atoms with Gasteiger partial charge < -0.3 is 0 Å². The van der Waals surface area contributed by atoms with Crippen molar-refractivity contribution in [3.8, 4) is 11.8 Å². The molecule has 0 heteroatoms. The van der Waals surface area contributed by atoms with Gasteiger partial charge in [-0.05, 0) is 33.6 Å². The summed E-state index contributed by atoms with van der Waals surface area (Å²) in [6, 6.07) is 0. The lowest BCUT2D eigenvalue weighted by atomic mass is 9.95. The van der Waals surface area contributed by atoms with Crippen LogP contribution in [0.1, 0.15) is 47.5 Å². The van der Waals surface area contributed by atoms with Crippen LogP contribution in [-0.4, -0.2) is 0 Å². The Bertz CT molecular complexity index is 145. The summed E-state index contributed by atoms with van der Waals surface area (Å²) in [5.41, 5.74) is 0.169. The molecule has 0 aliphatic carbocycles. The van der Waals surface area contributed by atoms with Crippen molar-refractivity contribution in [1.29, 1.82) is 0 Å². The predicted octanol–water partition coefficient (Wildman–Crippen LogP) is 3.47. The van der Waals surface area contributed by atoms with E-state index in [0.29, 0.717) is 5.92 Å². The molecule has 0 saturated carbocycles. The molecule has 0 aromatic heterocycles. The molecule has 0 saturated heterocycles. The second-order valence-corrected chi connectivity index (χ2v) is 4.03. The molecule has 0 radical (unpaired) electrons. The molecule has 0 spiro atoms. The third-order valence-electron chi connectivity index (χ3n) is 1.64. The van der Waals surface area contributed by atoms with E-state index in [1.165, 1.54) is 12.8 Å². The summed E-state index contributed by atoms with van der Waals surface area (Å²) < 4.78 is 0. The van der Waals surface area contributed by atoms with E-state index in [0.717, 1.165) is 0 Å². The summed E-state index contributed by atoms with van der Waals surface area (Å²) in [5.74, 6) is 7.19. The van der Waals surface area contributed by atoms with E-state index in [2.05, 4.69) is 46.5 Å². The van der Waals surface area contributed by atoms with E-state index < -0.39 is 0 Å². The molecule has 0 rings (SSSR count). The monoisotopic (exact) mass is 152 g/mol. The molecule has 0 unspecified atom stereocenters. The van der Waals surface area contributed by atoms with Crippen molar-refractivity contribution in [3.05, 3.63) is 0 Å². The SMILES string of the molecule is CCC(C#CC(C)(C)C)CC. The van der Waals surface area contributed by atoms with Gasteiger partial charge in [0.2, 0.25) is 0 Å². The second-order valence-electron chi connectivity index (χ2n) is 4.03. The molecule has 0 aliphatic rings. The molecule has 0 N–H and O–H groups in total. The first-order valence-electron chi connectivity index (χ1n) is 4.52. The van der Waals surface area contributed by atoms with Gasteiger partial charge in [-0.25, -0.2) is 0 Å². The van der Waals surface area contributed by atoms with Crippen LogP contribution in [0.4, 0.5) is 0 Å². The summed E-state index contributed by atoms with van der Waals surface area (Å²) in [5, 5.41) is 0. The van der Waals surface area contributed by atoms with Crippen LogP contribution >= 0.6 is 0 Å². The lowest BCUT2D eigenvalue weighted by Gasteiger charge is -2.09. The quantitative estimate of drug-likeness (QED) is 0.531. The first-order chi connectivity index (χ1) is 4.99. The molecule has 0 aromatic carbocycles. The topological polar surface area (TPSA) is 0 Å². The van der Waals surface area contributed by atoms with Crippen molar-refractivity contribution in [3.63, 3.8) is 0 Å². The minimum Gasteiger partial charge on any atom is -0.0994 e. The molecule has 11 heavy (non-hydrogen) atoms. The summed E-state index contributed by atoms with van der Waals surface area (Å²) in [6.07, 6.45) is 2.36. The third kappa shape index (κ3) is 5.98. The van der Waals surface area contributed by atoms with Crippen LogP contribution in [0.25, 0.3) is 0 Å². The van der Waals surface area contributed by atoms with E-state index in [4.69, 9.17) is 0 Å². The van der Waals surface area contributed by atoms with E-state index in [1.54, 1.807) is 0 Å². The fourth-order valence-corrected chi connectivity index (χ4v) is 0.811. The number of hydrogen-bond acceptors (Lipinski definition) is 0. The van der Waals surface area contributed by atoms with Crippen LogP contribution in [0.5, 0.6) is 0 Å². The number of hydrogen-bond donors (Lipinski definition) is 0. The van der Waals surface area contributed by atoms with Gasteiger partial charge in [0.05, 0.1) is 0 Å². The number of rotatable bonds is 2. The zero-order valence-corrected chi connectivity index (χ0v) is 8.49. The largest absolute Gasteiger partial charge is 0.0994 e. The van der Waals surface area contributed by atoms with Crippen molar-refractivity contribution in [2.24, 2.45) is 11.3 Å².